The number of carbonyl (C=O) groups is 3. The van der Waals surface area contributed by atoms with Crippen molar-refractivity contribution in [2.75, 3.05) is 19.6 Å². The van der Waals surface area contributed by atoms with Crippen LogP contribution in [0.15, 0.2) is 30.6 Å². The summed E-state index contributed by atoms with van der Waals surface area (Å²) >= 11 is 0. The van der Waals surface area contributed by atoms with Crippen molar-refractivity contribution in [2.24, 2.45) is 0 Å². The van der Waals surface area contributed by atoms with Gasteiger partial charge in [-0.2, -0.15) is 4.84 Å². The summed E-state index contributed by atoms with van der Waals surface area (Å²) in [5, 5.41) is 0.0159. The summed E-state index contributed by atoms with van der Waals surface area (Å²) in [5.41, 5.74) is -0.801. The molecule has 0 atom stereocenters. The summed E-state index contributed by atoms with van der Waals surface area (Å²) in [6.07, 6.45) is 0.158. The number of benzene rings is 1. The molecule has 2 fully saturated rings. The van der Waals surface area contributed by atoms with Gasteiger partial charge < -0.3 is 14.5 Å². The molecule has 0 spiro atoms. The number of alkyl halides is 3. The van der Waals surface area contributed by atoms with Gasteiger partial charge in [0.1, 0.15) is 11.4 Å². The van der Waals surface area contributed by atoms with Crippen LogP contribution in [0, 0.1) is 5.82 Å². The molecule has 0 radical (unpaired) electrons. The zero-order chi connectivity index (χ0) is 30.8. The van der Waals surface area contributed by atoms with E-state index in [4.69, 9.17) is 4.74 Å². The van der Waals surface area contributed by atoms with Crippen molar-refractivity contribution in [1.82, 2.24) is 24.8 Å². The molecule has 1 aliphatic carbocycles. The fourth-order valence-corrected chi connectivity index (χ4v) is 4.71. The Kier molecular flexibility index (Phi) is 9.04. The highest BCUT2D eigenvalue weighted by molar-refractivity contribution is 5.95. The fraction of sp³-hybridized carbons (Fsp3) is 0.536. The summed E-state index contributed by atoms with van der Waals surface area (Å²) in [4.78, 5) is 53.8. The number of hydrogen-bond acceptors (Lipinski definition) is 7. The minimum absolute atomic E-state index is 0.0159. The first-order valence-corrected chi connectivity index (χ1v) is 13.7. The van der Waals surface area contributed by atoms with Gasteiger partial charge in [0.2, 0.25) is 0 Å². The number of hydrogen-bond donors (Lipinski definition) is 0. The highest BCUT2D eigenvalue weighted by Gasteiger charge is 2.40. The van der Waals surface area contributed by atoms with Gasteiger partial charge in [-0.1, -0.05) is 6.07 Å². The average molecular weight is 596 g/mol. The molecule has 0 bridgehead atoms. The van der Waals surface area contributed by atoms with E-state index >= 15 is 0 Å². The number of nitrogens with zero attached hydrogens (tertiary/aromatic N) is 5. The van der Waals surface area contributed by atoms with Crippen LogP contribution < -0.4 is 0 Å². The lowest BCUT2D eigenvalue weighted by atomic mass is 10.0. The van der Waals surface area contributed by atoms with Crippen molar-refractivity contribution < 1.29 is 41.5 Å². The van der Waals surface area contributed by atoms with Crippen molar-refractivity contribution in [3.05, 3.63) is 47.5 Å². The first-order valence-electron chi connectivity index (χ1n) is 13.7. The maximum Gasteiger partial charge on any atom is 0.544 e. The molecule has 1 saturated carbocycles. The van der Waals surface area contributed by atoms with Crippen molar-refractivity contribution in [1.29, 1.82) is 0 Å². The first kappa shape index (κ1) is 31.1. The van der Waals surface area contributed by atoms with Crippen LogP contribution in [-0.4, -0.2) is 86.4 Å². The number of piperidine rings is 1. The molecule has 2 aromatic rings. The number of likely N-dealkylation sites (tertiary alicyclic amines) is 1. The Morgan fingerprint density at radius 3 is 2.07 bits per heavy atom. The first-order chi connectivity index (χ1) is 19.7. The molecule has 14 heteroatoms. The molecule has 0 unspecified atom stereocenters. The van der Waals surface area contributed by atoms with Crippen molar-refractivity contribution >= 4 is 17.9 Å². The predicted octanol–water partition coefficient (Wildman–Crippen LogP) is 5.20. The van der Waals surface area contributed by atoms with Crippen LogP contribution in [-0.2, 0) is 9.57 Å². The van der Waals surface area contributed by atoms with Gasteiger partial charge in [-0.3, -0.25) is 9.59 Å². The molecule has 42 heavy (non-hydrogen) atoms. The Morgan fingerprint density at radius 2 is 1.57 bits per heavy atom. The molecule has 2 aliphatic rings. The normalized spacial score (nSPS) is 16.2. The van der Waals surface area contributed by atoms with E-state index in [2.05, 4.69) is 14.8 Å². The molecule has 3 amide bonds. The van der Waals surface area contributed by atoms with E-state index in [0.29, 0.717) is 25.9 Å². The second kappa shape index (κ2) is 12.2. The number of rotatable bonds is 7. The van der Waals surface area contributed by atoms with Crippen LogP contribution in [0.25, 0.3) is 11.4 Å². The molecule has 1 aromatic carbocycles. The third kappa shape index (κ3) is 7.72. The largest absolute Gasteiger partial charge is 0.544 e. The van der Waals surface area contributed by atoms with Crippen LogP contribution in [0.4, 0.5) is 22.4 Å². The number of hydroxylamine groups is 2. The molecule has 4 rings (SSSR count). The second-order valence-electron chi connectivity index (χ2n) is 11.2. The quantitative estimate of drug-likeness (QED) is 0.320. The minimum Gasteiger partial charge on any atom is -0.444 e. The fourth-order valence-electron chi connectivity index (χ4n) is 4.71. The van der Waals surface area contributed by atoms with Crippen LogP contribution in [0.3, 0.4) is 0 Å². The lowest BCUT2D eigenvalue weighted by molar-refractivity contribution is -0.397. The molecule has 10 nitrogen and oxygen atoms in total. The molecular formula is C28H33F4N5O5. The summed E-state index contributed by atoms with van der Waals surface area (Å²) in [6, 6.07) is 3.28. The van der Waals surface area contributed by atoms with Crippen LogP contribution in [0.1, 0.15) is 74.1 Å². The van der Waals surface area contributed by atoms with Crippen molar-refractivity contribution in [3.63, 3.8) is 0 Å². The second-order valence-corrected chi connectivity index (χ2v) is 11.2. The number of aromatic nitrogens is 2. The van der Waals surface area contributed by atoms with E-state index in [1.807, 2.05) is 25.7 Å². The molecular weight excluding hydrogens is 562 g/mol. The van der Waals surface area contributed by atoms with Gasteiger partial charge in [0.25, 0.3) is 11.8 Å². The lowest BCUT2D eigenvalue weighted by Crippen LogP contribution is -2.50. The third-order valence-corrected chi connectivity index (χ3v) is 6.77. The van der Waals surface area contributed by atoms with Gasteiger partial charge in [-0.05, 0) is 65.5 Å². The summed E-state index contributed by atoms with van der Waals surface area (Å²) < 4.78 is 57.9. The number of carbonyl (C=O) groups excluding carboxylic acids is 3. The van der Waals surface area contributed by atoms with Gasteiger partial charge in [0, 0.05) is 49.7 Å². The molecule has 228 valence electrons. The Bertz CT molecular complexity index is 1300. The average Bonchev–Trinajstić information content (AvgIpc) is 3.75. The highest BCUT2D eigenvalue weighted by atomic mass is 19.4. The molecule has 1 aromatic heterocycles. The standard InChI is InChI=1S/C28H33F4N5O5/c1-5-36(42-28(30,31)32)25(39)21-9-6-17(14-22(21)29)23-33-15-18(16-34-23)24(38)37(19-7-8-19)20-10-12-35(13-11-20)26(40)41-27(2,3)4/h6,9,14-16,19-20H,5,7-8,10-13H2,1-4H3. The molecule has 2 heterocycles. The molecule has 0 N–H and O–H groups in total. The van der Waals surface area contributed by atoms with E-state index in [9.17, 15) is 31.9 Å². The zero-order valence-corrected chi connectivity index (χ0v) is 23.8. The Morgan fingerprint density at radius 1 is 0.976 bits per heavy atom. The van der Waals surface area contributed by atoms with E-state index in [1.54, 1.807) is 4.90 Å². The maximum absolute atomic E-state index is 14.8. The monoisotopic (exact) mass is 595 g/mol. The number of amides is 3. The number of ether oxygens (including phenoxy) is 1. The molecule has 1 saturated heterocycles. The van der Waals surface area contributed by atoms with Crippen molar-refractivity contribution in [3.8, 4) is 11.4 Å². The highest BCUT2D eigenvalue weighted by Crippen LogP contribution is 2.33. The number of halogens is 4. The predicted molar refractivity (Wildman–Crippen MR) is 141 cm³/mol. The van der Waals surface area contributed by atoms with E-state index < -0.39 is 35.8 Å². The van der Waals surface area contributed by atoms with Crippen LogP contribution in [0.5, 0.6) is 0 Å². The summed E-state index contributed by atoms with van der Waals surface area (Å²) in [7, 11) is 0. The van der Waals surface area contributed by atoms with Gasteiger partial charge in [0.15, 0.2) is 5.82 Å². The van der Waals surface area contributed by atoms with E-state index in [1.165, 1.54) is 25.4 Å². The van der Waals surface area contributed by atoms with Gasteiger partial charge in [0.05, 0.1) is 11.1 Å². The topological polar surface area (TPSA) is 105 Å². The van der Waals surface area contributed by atoms with E-state index in [0.717, 1.165) is 25.0 Å². The molecule has 1 aliphatic heterocycles. The third-order valence-electron chi connectivity index (χ3n) is 6.77. The summed E-state index contributed by atoms with van der Waals surface area (Å²) in [5.74, 6) is -2.55. The summed E-state index contributed by atoms with van der Waals surface area (Å²) in [6.45, 7) is 7.15. The Balaban J connectivity index is 1.43. The zero-order valence-electron chi connectivity index (χ0n) is 23.8. The van der Waals surface area contributed by atoms with Crippen molar-refractivity contribution in [2.45, 2.75) is 77.4 Å². The van der Waals surface area contributed by atoms with Crippen LogP contribution >= 0.6 is 0 Å². The van der Waals surface area contributed by atoms with Gasteiger partial charge in [-0.25, -0.2) is 24.2 Å². The lowest BCUT2D eigenvalue weighted by Gasteiger charge is -2.39. The van der Waals surface area contributed by atoms with E-state index in [-0.39, 0.29) is 46.1 Å². The van der Waals surface area contributed by atoms with Gasteiger partial charge in [-0.15, -0.1) is 13.2 Å². The maximum atomic E-state index is 14.8. The Labute approximate surface area is 240 Å². The smallest absolute Gasteiger partial charge is 0.444 e. The SMILES string of the molecule is CCN(OC(F)(F)F)C(=O)c1ccc(-c2ncc(C(=O)N(C3CC3)C3CCN(C(=O)OC(C)(C)C)CC3)cn2)cc1F. The Hall–Kier alpha value is -3.81. The van der Waals surface area contributed by atoms with Crippen LogP contribution in [0.2, 0.25) is 0 Å². The minimum atomic E-state index is -5.11. The van der Waals surface area contributed by atoms with Gasteiger partial charge >= 0.3 is 12.5 Å².